The minimum absolute atomic E-state index is 0.0576. The van der Waals surface area contributed by atoms with Crippen molar-refractivity contribution in [2.45, 2.75) is 77.6 Å². The van der Waals surface area contributed by atoms with Crippen LogP contribution in [0.2, 0.25) is 0 Å². The van der Waals surface area contributed by atoms with Crippen molar-refractivity contribution in [3.63, 3.8) is 0 Å². The molecule has 1 amide bonds. The molecule has 1 aliphatic rings. The van der Waals surface area contributed by atoms with E-state index in [0.29, 0.717) is 19.4 Å². The number of nitrogens with one attached hydrogen (secondary N) is 1. The maximum absolute atomic E-state index is 12.2. The lowest BCUT2D eigenvalue weighted by Crippen LogP contribution is -2.54. The number of nitrogens with zero attached hydrogens (tertiary/aromatic N) is 1. The van der Waals surface area contributed by atoms with Crippen molar-refractivity contribution in [1.29, 1.82) is 0 Å². The molecule has 1 fully saturated rings. The summed E-state index contributed by atoms with van der Waals surface area (Å²) in [6.45, 7) is 2.92. The van der Waals surface area contributed by atoms with Gasteiger partial charge in [0.05, 0.1) is 0 Å². The molecule has 5 nitrogen and oxygen atoms in total. The van der Waals surface area contributed by atoms with E-state index in [1.54, 1.807) is 0 Å². The third-order valence-corrected chi connectivity index (χ3v) is 4.56. The normalized spacial score (nSPS) is 17.3. The van der Waals surface area contributed by atoms with Crippen LogP contribution in [0.3, 0.4) is 0 Å². The standard InChI is InChI=1S/C16H31N3O2/c1-2-3-4-5-6-7-8-9-13-18-15(20)16(11-10-12-16)14(17)19-21/h21H,2-13H2,1H3,(H2,17,19)(H,18,20). The Kier molecular flexibility index (Phi) is 8.16. The van der Waals surface area contributed by atoms with Crippen LogP contribution in [0, 0.1) is 5.41 Å². The highest BCUT2D eigenvalue weighted by atomic mass is 16.4. The molecule has 1 aliphatic carbocycles. The summed E-state index contributed by atoms with van der Waals surface area (Å²) in [6.07, 6.45) is 12.3. The predicted octanol–water partition coefficient (Wildman–Crippen LogP) is 3.16. The fourth-order valence-electron chi connectivity index (χ4n) is 2.86. The molecule has 122 valence electrons. The molecule has 0 aromatic heterocycles. The molecule has 0 atom stereocenters. The summed E-state index contributed by atoms with van der Waals surface area (Å²) in [5, 5.41) is 14.8. The monoisotopic (exact) mass is 297 g/mol. The van der Waals surface area contributed by atoms with E-state index < -0.39 is 5.41 Å². The van der Waals surface area contributed by atoms with Crippen LogP contribution in [-0.4, -0.2) is 23.5 Å². The zero-order valence-electron chi connectivity index (χ0n) is 13.4. The number of rotatable bonds is 11. The highest BCUT2D eigenvalue weighted by Gasteiger charge is 2.48. The van der Waals surface area contributed by atoms with E-state index in [4.69, 9.17) is 10.9 Å². The van der Waals surface area contributed by atoms with Crippen molar-refractivity contribution in [3.05, 3.63) is 0 Å². The Labute approximate surface area is 128 Å². The molecule has 0 aromatic rings. The summed E-state index contributed by atoms with van der Waals surface area (Å²) in [5.41, 5.74) is 4.92. The number of nitrogens with two attached hydrogens (primary N) is 1. The first-order valence-corrected chi connectivity index (χ1v) is 8.43. The van der Waals surface area contributed by atoms with Gasteiger partial charge in [0.15, 0.2) is 5.84 Å². The summed E-state index contributed by atoms with van der Waals surface area (Å²) in [4.78, 5) is 12.2. The second-order valence-corrected chi connectivity index (χ2v) is 6.15. The lowest BCUT2D eigenvalue weighted by molar-refractivity contribution is -0.131. The number of amides is 1. The van der Waals surface area contributed by atoms with Gasteiger partial charge in [-0.25, -0.2) is 0 Å². The molecule has 0 saturated heterocycles. The van der Waals surface area contributed by atoms with Crippen LogP contribution >= 0.6 is 0 Å². The lowest BCUT2D eigenvalue weighted by atomic mass is 9.67. The van der Waals surface area contributed by atoms with Crippen LogP contribution in [0.4, 0.5) is 0 Å². The van der Waals surface area contributed by atoms with Crippen molar-refractivity contribution < 1.29 is 10.0 Å². The van der Waals surface area contributed by atoms with E-state index >= 15 is 0 Å². The highest BCUT2D eigenvalue weighted by molar-refractivity contribution is 6.07. The molecule has 0 bridgehead atoms. The van der Waals surface area contributed by atoms with E-state index in [1.165, 1.54) is 38.5 Å². The van der Waals surface area contributed by atoms with Crippen molar-refractivity contribution in [2.24, 2.45) is 16.3 Å². The van der Waals surface area contributed by atoms with E-state index in [2.05, 4.69) is 17.4 Å². The smallest absolute Gasteiger partial charge is 0.233 e. The number of oxime groups is 1. The van der Waals surface area contributed by atoms with Gasteiger partial charge in [-0.05, 0) is 19.3 Å². The zero-order chi connectivity index (χ0) is 15.6. The van der Waals surface area contributed by atoms with Crippen molar-refractivity contribution in [1.82, 2.24) is 5.32 Å². The Bertz CT molecular complexity index is 338. The summed E-state index contributed by atoms with van der Waals surface area (Å²) in [7, 11) is 0. The maximum Gasteiger partial charge on any atom is 0.233 e. The van der Waals surface area contributed by atoms with Crippen molar-refractivity contribution >= 4 is 11.7 Å². The topological polar surface area (TPSA) is 87.7 Å². The van der Waals surface area contributed by atoms with Crippen LogP contribution in [0.25, 0.3) is 0 Å². The molecule has 1 saturated carbocycles. The van der Waals surface area contributed by atoms with Crippen LogP contribution in [-0.2, 0) is 4.79 Å². The van der Waals surface area contributed by atoms with E-state index in [0.717, 1.165) is 19.3 Å². The number of hydrogen-bond acceptors (Lipinski definition) is 3. The van der Waals surface area contributed by atoms with E-state index in [9.17, 15) is 4.79 Å². The highest BCUT2D eigenvalue weighted by Crippen LogP contribution is 2.41. The Morgan fingerprint density at radius 1 is 1.14 bits per heavy atom. The van der Waals surface area contributed by atoms with Gasteiger partial charge in [-0.1, -0.05) is 63.4 Å². The minimum atomic E-state index is -0.741. The molecule has 1 rings (SSSR count). The van der Waals surface area contributed by atoms with Gasteiger partial charge >= 0.3 is 0 Å². The average Bonchev–Trinajstić information content (AvgIpc) is 2.44. The molecule has 0 aliphatic heterocycles. The van der Waals surface area contributed by atoms with Crippen LogP contribution in [0.15, 0.2) is 5.16 Å². The predicted molar refractivity (Wildman–Crippen MR) is 85.3 cm³/mol. The van der Waals surface area contributed by atoms with E-state index in [-0.39, 0.29) is 11.7 Å². The van der Waals surface area contributed by atoms with Crippen LogP contribution in [0.1, 0.15) is 77.6 Å². The van der Waals surface area contributed by atoms with Gasteiger partial charge in [-0.3, -0.25) is 4.79 Å². The molecular formula is C16H31N3O2. The number of unbranched alkanes of at least 4 members (excludes halogenated alkanes) is 7. The third kappa shape index (κ3) is 5.21. The Morgan fingerprint density at radius 2 is 1.71 bits per heavy atom. The molecule has 21 heavy (non-hydrogen) atoms. The van der Waals surface area contributed by atoms with Gasteiger partial charge in [-0.15, -0.1) is 0 Å². The SMILES string of the molecule is CCCCCCCCCCNC(=O)C1(C(N)=NO)CCC1. The molecule has 0 radical (unpaired) electrons. The quantitative estimate of drug-likeness (QED) is 0.180. The van der Waals surface area contributed by atoms with Gasteiger partial charge in [0.2, 0.25) is 5.91 Å². The van der Waals surface area contributed by atoms with Gasteiger partial charge in [-0.2, -0.15) is 0 Å². The van der Waals surface area contributed by atoms with Gasteiger partial charge < -0.3 is 16.3 Å². The van der Waals surface area contributed by atoms with Crippen LogP contribution in [0.5, 0.6) is 0 Å². The number of amidine groups is 1. The molecule has 5 heteroatoms. The molecular weight excluding hydrogens is 266 g/mol. The van der Waals surface area contributed by atoms with Gasteiger partial charge in [0, 0.05) is 6.54 Å². The summed E-state index contributed by atoms with van der Waals surface area (Å²) < 4.78 is 0. The molecule has 4 N–H and O–H groups in total. The maximum atomic E-state index is 12.2. The number of carbonyl (C=O) groups excluding carboxylic acids is 1. The Morgan fingerprint density at radius 3 is 2.19 bits per heavy atom. The Hall–Kier alpha value is -1.26. The first-order valence-electron chi connectivity index (χ1n) is 8.43. The zero-order valence-corrected chi connectivity index (χ0v) is 13.4. The van der Waals surface area contributed by atoms with Gasteiger partial charge in [0.25, 0.3) is 0 Å². The molecule has 0 aromatic carbocycles. The summed E-state index contributed by atoms with van der Waals surface area (Å²) in [6, 6.07) is 0. The fraction of sp³-hybridized carbons (Fsp3) is 0.875. The largest absolute Gasteiger partial charge is 0.409 e. The first kappa shape index (κ1) is 17.8. The van der Waals surface area contributed by atoms with E-state index in [1.807, 2.05) is 0 Å². The average molecular weight is 297 g/mol. The number of carbonyl (C=O) groups is 1. The van der Waals surface area contributed by atoms with Crippen molar-refractivity contribution in [3.8, 4) is 0 Å². The number of hydrogen-bond donors (Lipinski definition) is 3. The second-order valence-electron chi connectivity index (χ2n) is 6.15. The van der Waals surface area contributed by atoms with Crippen molar-refractivity contribution in [2.75, 3.05) is 6.54 Å². The lowest BCUT2D eigenvalue weighted by Gasteiger charge is -2.38. The summed E-state index contributed by atoms with van der Waals surface area (Å²) >= 11 is 0. The van der Waals surface area contributed by atoms with Crippen LogP contribution < -0.4 is 11.1 Å². The first-order chi connectivity index (χ1) is 10.2. The Balaban J connectivity index is 2.08. The second kappa shape index (κ2) is 9.64. The minimum Gasteiger partial charge on any atom is -0.409 e. The summed E-state index contributed by atoms with van der Waals surface area (Å²) in [5.74, 6) is -0.0193. The third-order valence-electron chi connectivity index (χ3n) is 4.56. The molecule has 0 unspecified atom stereocenters. The van der Waals surface area contributed by atoms with Gasteiger partial charge in [0.1, 0.15) is 5.41 Å². The molecule has 0 heterocycles. The molecule has 0 spiro atoms. The fourth-order valence-corrected chi connectivity index (χ4v) is 2.86.